The van der Waals surface area contributed by atoms with E-state index in [0.29, 0.717) is 18.5 Å². The molecule has 5 heteroatoms. The smallest absolute Gasteiger partial charge is 0.237 e. The van der Waals surface area contributed by atoms with Gasteiger partial charge in [-0.3, -0.25) is 15.0 Å². The van der Waals surface area contributed by atoms with Crippen LogP contribution in [0.4, 0.5) is 0 Å². The minimum Gasteiger partial charge on any atom is -0.373 e. The lowest BCUT2D eigenvalue weighted by Gasteiger charge is -2.38. The van der Waals surface area contributed by atoms with Gasteiger partial charge in [0.15, 0.2) is 0 Å². The lowest BCUT2D eigenvalue weighted by atomic mass is 10.1. The number of carbonyl (C=O) groups is 1. The van der Waals surface area contributed by atoms with Crippen LogP contribution in [-0.4, -0.2) is 66.8 Å². The van der Waals surface area contributed by atoms with E-state index in [-0.39, 0.29) is 18.2 Å². The number of rotatable bonds is 3. The van der Waals surface area contributed by atoms with Crippen molar-refractivity contribution in [3.63, 3.8) is 0 Å². The molecule has 0 aromatic carbocycles. The maximum absolute atomic E-state index is 12.0. The molecule has 1 amide bonds. The Morgan fingerprint density at radius 2 is 2.32 bits per heavy atom. The first kappa shape index (κ1) is 13.3. The summed E-state index contributed by atoms with van der Waals surface area (Å²) in [5.41, 5.74) is 0. The number of amides is 1. The highest BCUT2D eigenvalue weighted by atomic mass is 16.5. The molecule has 5 nitrogen and oxygen atoms in total. The average Bonchev–Trinajstić information content (AvgIpc) is 2.97. The van der Waals surface area contributed by atoms with Crippen molar-refractivity contribution in [3.05, 3.63) is 0 Å². The molecule has 0 radical (unpaired) electrons. The van der Waals surface area contributed by atoms with Crippen LogP contribution in [0, 0.1) is 5.92 Å². The maximum atomic E-state index is 12.0. The van der Waals surface area contributed by atoms with Gasteiger partial charge in [0, 0.05) is 19.1 Å². The zero-order valence-electron chi connectivity index (χ0n) is 12.0. The number of morpholine rings is 1. The highest BCUT2D eigenvalue weighted by Crippen LogP contribution is 2.24. The Kier molecular flexibility index (Phi) is 3.78. The van der Waals surface area contributed by atoms with E-state index in [1.165, 1.54) is 19.4 Å². The van der Waals surface area contributed by atoms with Crippen LogP contribution in [0.5, 0.6) is 0 Å². The molecule has 108 valence electrons. The molecule has 3 aliphatic rings. The fourth-order valence-corrected chi connectivity index (χ4v) is 3.59. The molecule has 3 fully saturated rings. The Hall–Kier alpha value is -0.650. The van der Waals surface area contributed by atoms with E-state index in [1.54, 1.807) is 0 Å². The van der Waals surface area contributed by atoms with Crippen molar-refractivity contribution >= 4 is 5.91 Å². The van der Waals surface area contributed by atoms with E-state index in [1.807, 2.05) is 4.90 Å². The largest absolute Gasteiger partial charge is 0.373 e. The molecule has 3 rings (SSSR count). The van der Waals surface area contributed by atoms with Crippen LogP contribution in [0.15, 0.2) is 0 Å². The van der Waals surface area contributed by atoms with Gasteiger partial charge >= 0.3 is 0 Å². The lowest BCUT2D eigenvalue weighted by Crippen LogP contribution is -2.52. The van der Waals surface area contributed by atoms with Gasteiger partial charge in [0.2, 0.25) is 5.91 Å². The van der Waals surface area contributed by atoms with Crippen LogP contribution < -0.4 is 5.32 Å². The van der Waals surface area contributed by atoms with E-state index >= 15 is 0 Å². The number of carbonyl (C=O) groups excluding carboxylic acids is 1. The molecule has 3 atom stereocenters. The van der Waals surface area contributed by atoms with Crippen LogP contribution in [0.1, 0.15) is 26.7 Å². The molecule has 1 N–H and O–H groups in total. The first-order valence-electron chi connectivity index (χ1n) is 7.53. The Bertz CT molecular complexity index is 348. The Morgan fingerprint density at radius 1 is 1.47 bits per heavy atom. The molecule has 0 bridgehead atoms. The lowest BCUT2D eigenvalue weighted by molar-refractivity contribution is -0.133. The van der Waals surface area contributed by atoms with E-state index < -0.39 is 0 Å². The fourth-order valence-electron chi connectivity index (χ4n) is 3.59. The second-order valence-corrected chi connectivity index (χ2v) is 6.36. The van der Waals surface area contributed by atoms with Crippen LogP contribution in [0.25, 0.3) is 0 Å². The molecule has 0 saturated carbocycles. The predicted octanol–water partition coefficient (Wildman–Crippen LogP) is 0.264. The van der Waals surface area contributed by atoms with Crippen molar-refractivity contribution in [1.82, 2.24) is 15.1 Å². The summed E-state index contributed by atoms with van der Waals surface area (Å²) in [6.07, 6.45) is 2.91. The number of nitrogens with one attached hydrogen (secondary N) is 1. The molecule has 3 unspecified atom stereocenters. The molecule has 0 aromatic heterocycles. The Morgan fingerprint density at radius 3 is 3.11 bits per heavy atom. The maximum Gasteiger partial charge on any atom is 0.237 e. The van der Waals surface area contributed by atoms with Crippen LogP contribution >= 0.6 is 0 Å². The van der Waals surface area contributed by atoms with Crippen molar-refractivity contribution in [1.29, 1.82) is 0 Å². The Labute approximate surface area is 115 Å². The summed E-state index contributed by atoms with van der Waals surface area (Å²) in [5.74, 6) is 0.653. The predicted molar refractivity (Wildman–Crippen MR) is 72.7 cm³/mol. The minimum absolute atomic E-state index is 0.174. The van der Waals surface area contributed by atoms with E-state index in [0.717, 1.165) is 19.7 Å². The van der Waals surface area contributed by atoms with Crippen LogP contribution in [0.3, 0.4) is 0 Å². The molecule has 0 aliphatic carbocycles. The number of fused-ring (bicyclic) bond motifs is 1. The number of nitrogens with zero attached hydrogens (tertiary/aromatic N) is 2. The number of ether oxygens (including phenoxy) is 1. The third-order valence-electron chi connectivity index (χ3n) is 4.61. The van der Waals surface area contributed by atoms with Crippen molar-refractivity contribution in [2.75, 3.05) is 32.8 Å². The van der Waals surface area contributed by atoms with Gasteiger partial charge in [-0.1, -0.05) is 13.8 Å². The zero-order valence-corrected chi connectivity index (χ0v) is 12.0. The van der Waals surface area contributed by atoms with E-state index in [9.17, 15) is 4.79 Å². The summed E-state index contributed by atoms with van der Waals surface area (Å²) in [5, 5.41) is 3.30. The quantitative estimate of drug-likeness (QED) is 0.797. The molecule has 0 aromatic rings. The second-order valence-electron chi connectivity index (χ2n) is 6.36. The van der Waals surface area contributed by atoms with E-state index in [4.69, 9.17) is 4.74 Å². The summed E-state index contributed by atoms with van der Waals surface area (Å²) in [6.45, 7) is 8.54. The summed E-state index contributed by atoms with van der Waals surface area (Å²) in [7, 11) is 0. The molecular formula is C14H25N3O2. The van der Waals surface area contributed by atoms with Crippen molar-refractivity contribution in [2.24, 2.45) is 5.92 Å². The van der Waals surface area contributed by atoms with Crippen LogP contribution in [-0.2, 0) is 9.53 Å². The number of hydrogen-bond donors (Lipinski definition) is 1. The highest BCUT2D eigenvalue weighted by molar-refractivity contribution is 5.80. The van der Waals surface area contributed by atoms with Gasteiger partial charge in [0.25, 0.3) is 0 Å². The highest BCUT2D eigenvalue weighted by Gasteiger charge is 2.37. The summed E-state index contributed by atoms with van der Waals surface area (Å²) >= 11 is 0. The second kappa shape index (κ2) is 5.38. The van der Waals surface area contributed by atoms with Crippen molar-refractivity contribution in [2.45, 2.75) is 45.0 Å². The summed E-state index contributed by atoms with van der Waals surface area (Å²) in [6, 6.07) is 0.629. The number of hydrogen-bond acceptors (Lipinski definition) is 4. The normalized spacial score (nSPS) is 36.3. The van der Waals surface area contributed by atoms with Gasteiger partial charge in [0.05, 0.1) is 25.4 Å². The molecule has 3 heterocycles. The first-order chi connectivity index (χ1) is 9.15. The van der Waals surface area contributed by atoms with Gasteiger partial charge in [-0.25, -0.2) is 0 Å². The van der Waals surface area contributed by atoms with Crippen molar-refractivity contribution in [3.8, 4) is 0 Å². The molecular weight excluding hydrogens is 242 g/mol. The third-order valence-corrected chi connectivity index (χ3v) is 4.61. The Balaban J connectivity index is 1.59. The molecule has 3 aliphatic heterocycles. The molecule has 3 saturated heterocycles. The summed E-state index contributed by atoms with van der Waals surface area (Å²) in [4.78, 5) is 16.5. The minimum atomic E-state index is 0.174. The zero-order chi connectivity index (χ0) is 13.4. The fraction of sp³-hybridized carbons (Fsp3) is 0.929. The average molecular weight is 267 g/mol. The third kappa shape index (κ3) is 2.64. The standard InChI is InChI=1S/C14H25N3O2/c1-10(2)14-15-6-13(18)17(14)8-12-7-16-5-3-4-11(16)9-19-12/h10-12,14-15H,3-9H2,1-2H3. The molecule has 19 heavy (non-hydrogen) atoms. The van der Waals surface area contributed by atoms with Crippen LogP contribution in [0.2, 0.25) is 0 Å². The topological polar surface area (TPSA) is 44.8 Å². The molecule has 0 spiro atoms. The van der Waals surface area contributed by atoms with Gasteiger partial charge in [-0.05, 0) is 25.3 Å². The van der Waals surface area contributed by atoms with Gasteiger partial charge in [0.1, 0.15) is 0 Å². The van der Waals surface area contributed by atoms with Gasteiger partial charge < -0.3 is 9.64 Å². The van der Waals surface area contributed by atoms with Gasteiger partial charge in [-0.15, -0.1) is 0 Å². The monoisotopic (exact) mass is 267 g/mol. The SMILES string of the molecule is CC(C)C1NCC(=O)N1CC1CN2CCCC2CO1. The summed E-state index contributed by atoms with van der Waals surface area (Å²) < 4.78 is 5.97. The first-order valence-corrected chi connectivity index (χ1v) is 7.53. The van der Waals surface area contributed by atoms with E-state index in [2.05, 4.69) is 24.1 Å². The van der Waals surface area contributed by atoms with Gasteiger partial charge in [-0.2, -0.15) is 0 Å². The van der Waals surface area contributed by atoms with Crippen molar-refractivity contribution < 1.29 is 9.53 Å².